The number of carbonyl (C=O) groups is 2. The zero-order chi connectivity index (χ0) is 19.8. The number of hydrogen-bond acceptors (Lipinski definition) is 4. The summed E-state index contributed by atoms with van der Waals surface area (Å²) >= 11 is 0. The number of nitrogens with one attached hydrogen (secondary N) is 3. The fraction of sp³-hybridized carbons (Fsp3) is 0.421. The maximum atomic E-state index is 12.5. The number of hydrogen-bond donors (Lipinski definition) is 4. The molecule has 1 aromatic heterocycles. The van der Waals surface area contributed by atoms with Gasteiger partial charge in [-0.1, -0.05) is 6.07 Å². The number of amides is 1. The average Bonchev–Trinajstić information content (AvgIpc) is 3.04. The zero-order valence-corrected chi connectivity index (χ0v) is 16.3. The van der Waals surface area contributed by atoms with Crippen molar-refractivity contribution in [2.45, 2.75) is 45.2 Å². The number of aromatic nitrogens is 1. The summed E-state index contributed by atoms with van der Waals surface area (Å²) in [5.41, 5.74) is 2.00. The minimum atomic E-state index is -1.08. The Balaban J connectivity index is 2.05. The van der Waals surface area contributed by atoms with Gasteiger partial charge in [0.25, 0.3) is 0 Å². The van der Waals surface area contributed by atoms with Crippen LogP contribution in [0.5, 0.6) is 0 Å². The first-order chi connectivity index (χ1) is 12.9. The molecule has 1 unspecified atom stereocenters. The van der Waals surface area contributed by atoms with Gasteiger partial charge in [-0.2, -0.15) is 0 Å². The number of carbonyl (C=O) groups excluding carboxylic acids is 1. The number of aromatic amines is 1. The molecular weight excluding hydrogens is 365 g/mol. The van der Waals surface area contributed by atoms with Crippen LogP contribution in [0, 0.1) is 11.7 Å². The molecule has 0 spiro atoms. The first-order valence-electron chi connectivity index (χ1n) is 8.83. The summed E-state index contributed by atoms with van der Waals surface area (Å²) < 4.78 is 10.6. The molecule has 0 fully saturated rings. The van der Waals surface area contributed by atoms with Gasteiger partial charge in [-0.15, -0.1) is 0 Å². The second kappa shape index (κ2) is 10.1. The van der Waals surface area contributed by atoms with Crippen molar-refractivity contribution in [3.05, 3.63) is 36.0 Å². The van der Waals surface area contributed by atoms with E-state index in [0.29, 0.717) is 12.8 Å². The van der Waals surface area contributed by atoms with Crippen LogP contribution in [-0.2, 0) is 20.6 Å². The van der Waals surface area contributed by atoms with E-state index in [0.717, 1.165) is 16.5 Å². The van der Waals surface area contributed by atoms with E-state index in [2.05, 4.69) is 21.4 Å². The quantitative estimate of drug-likeness (QED) is 0.389. The van der Waals surface area contributed by atoms with Gasteiger partial charge in [0.05, 0.1) is 0 Å². The van der Waals surface area contributed by atoms with Gasteiger partial charge in [0, 0.05) is 0 Å². The standard InChI is InChI=1S/C19H24N3O4P/c1-12(2)9-17(21-11-27-26)18(23)22-16(19(24)25)8-7-13-10-20-15-6-4-3-5-14(13)15/h3-6,10,12,16-17,20-21H,7-9H2,1-2H3,(H,22,23)(H,24,25)/t16?,17-/m0/s1. The van der Waals surface area contributed by atoms with E-state index in [4.69, 9.17) is 0 Å². The van der Waals surface area contributed by atoms with Gasteiger partial charge in [0.2, 0.25) is 0 Å². The molecule has 2 rings (SSSR count). The monoisotopic (exact) mass is 389 g/mol. The number of rotatable bonds is 9. The van der Waals surface area contributed by atoms with E-state index in [9.17, 15) is 19.3 Å². The molecule has 2 aromatic rings. The van der Waals surface area contributed by atoms with Crippen LogP contribution in [0.3, 0.4) is 0 Å². The summed E-state index contributed by atoms with van der Waals surface area (Å²) in [5, 5.41) is 15.8. The van der Waals surface area contributed by atoms with Gasteiger partial charge in [0.1, 0.15) is 0 Å². The molecule has 144 valence electrons. The average molecular weight is 389 g/mol. The number of aryl methyl sites for hydroxylation is 1. The van der Waals surface area contributed by atoms with Crippen molar-refractivity contribution >= 4 is 30.7 Å². The SMILES string of the molecule is CC(C)C[C@H](NC#P=O)C(=O)NC(CCc1c[nH]c2ccccc12)C(=O)O. The number of H-pyrrole nitrogens is 1. The third-order valence-electron chi connectivity index (χ3n) is 4.30. The van der Waals surface area contributed by atoms with E-state index in [-0.39, 0.29) is 20.3 Å². The van der Waals surface area contributed by atoms with Crippen molar-refractivity contribution in [3.63, 3.8) is 0 Å². The molecule has 8 heteroatoms. The van der Waals surface area contributed by atoms with E-state index in [1.807, 2.05) is 44.3 Å². The predicted octanol–water partition coefficient (Wildman–Crippen LogP) is 2.88. The number of aliphatic carboxylic acids is 1. The van der Waals surface area contributed by atoms with Crippen LogP contribution in [0.1, 0.15) is 32.3 Å². The van der Waals surface area contributed by atoms with Gasteiger partial charge in [0.15, 0.2) is 0 Å². The Bertz CT molecular complexity index is 904. The van der Waals surface area contributed by atoms with E-state index < -0.39 is 24.0 Å². The first kappa shape index (κ1) is 21.0. The van der Waals surface area contributed by atoms with Crippen LogP contribution in [0.25, 0.3) is 10.9 Å². The molecule has 27 heavy (non-hydrogen) atoms. The normalized spacial score (nSPS) is 13.1. The molecule has 0 radical (unpaired) electrons. The van der Waals surface area contributed by atoms with E-state index in [1.54, 1.807) is 0 Å². The Hall–Kier alpha value is -2.33. The van der Waals surface area contributed by atoms with Crippen LogP contribution < -0.4 is 10.6 Å². The number of para-hydroxylation sites is 1. The Labute approximate surface area is 159 Å². The van der Waals surface area contributed by atoms with Crippen molar-refractivity contribution in [3.8, 4) is 5.75 Å². The molecule has 0 saturated heterocycles. The summed E-state index contributed by atoms with van der Waals surface area (Å²) in [5.74, 6) is 1.05. The molecule has 2 atom stereocenters. The Kier molecular flexibility index (Phi) is 7.86. The van der Waals surface area contributed by atoms with Gasteiger partial charge < -0.3 is 0 Å². The molecular formula is C19H24N3O4P. The molecule has 1 heterocycles. The summed E-state index contributed by atoms with van der Waals surface area (Å²) in [6.45, 7) is 3.89. The van der Waals surface area contributed by atoms with Gasteiger partial charge in [-0.05, 0) is 0 Å². The summed E-state index contributed by atoms with van der Waals surface area (Å²) in [6, 6.07) is 6.11. The topological polar surface area (TPSA) is 111 Å². The Morgan fingerprint density at radius 2 is 2.00 bits per heavy atom. The van der Waals surface area contributed by atoms with Crippen molar-refractivity contribution < 1.29 is 19.3 Å². The second-order valence-electron chi connectivity index (χ2n) is 6.83. The van der Waals surface area contributed by atoms with Crippen molar-refractivity contribution in [1.82, 2.24) is 15.6 Å². The van der Waals surface area contributed by atoms with Gasteiger partial charge in [-0.25, -0.2) is 0 Å². The Morgan fingerprint density at radius 3 is 2.67 bits per heavy atom. The molecule has 0 bridgehead atoms. The van der Waals surface area contributed by atoms with Crippen molar-refractivity contribution in [2.75, 3.05) is 0 Å². The third kappa shape index (κ3) is 6.10. The molecule has 0 aliphatic rings. The number of carboxylic acid groups (broad SMARTS) is 1. The number of carboxylic acids is 1. The van der Waals surface area contributed by atoms with Gasteiger partial charge in [-0.3, -0.25) is 0 Å². The van der Waals surface area contributed by atoms with Crippen molar-refractivity contribution in [1.29, 1.82) is 0 Å². The fourth-order valence-corrected chi connectivity index (χ4v) is 3.18. The van der Waals surface area contributed by atoms with Crippen LogP contribution in [0.4, 0.5) is 0 Å². The molecule has 0 aliphatic heterocycles. The van der Waals surface area contributed by atoms with Crippen molar-refractivity contribution in [2.24, 2.45) is 5.92 Å². The predicted molar refractivity (Wildman–Crippen MR) is 104 cm³/mol. The summed E-state index contributed by atoms with van der Waals surface area (Å²) in [6.07, 6.45) is 3.13. The number of fused-ring (bicyclic) bond motifs is 1. The van der Waals surface area contributed by atoms with Crippen LogP contribution in [0.15, 0.2) is 30.5 Å². The molecule has 0 aliphatic carbocycles. The zero-order valence-electron chi connectivity index (χ0n) is 15.4. The second-order valence-corrected chi connectivity index (χ2v) is 7.23. The molecule has 1 aromatic carbocycles. The molecule has 7 nitrogen and oxygen atoms in total. The molecule has 4 N–H and O–H groups in total. The molecule has 0 saturated carbocycles. The van der Waals surface area contributed by atoms with E-state index >= 15 is 0 Å². The summed E-state index contributed by atoms with van der Waals surface area (Å²) in [4.78, 5) is 27.3. The first-order valence-corrected chi connectivity index (χ1v) is 9.64. The van der Waals surface area contributed by atoms with E-state index in [1.165, 1.54) is 0 Å². The van der Waals surface area contributed by atoms with Crippen LogP contribution in [-0.4, -0.2) is 34.1 Å². The Morgan fingerprint density at radius 1 is 1.26 bits per heavy atom. The van der Waals surface area contributed by atoms with Crippen LogP contribution in [0.2, 0.25) is 0 Å². The third-order valence-corrected chi connectivity index (χ3v) is 4.52. The van der Waals surface area contributed by atoms with Gasteiger partial charge >= 0.3 is 152 Å². The molecule has 1 amide bonds. The maximum absolute atomic E-state index is 12.5. The minimum absolute atomic E-state index is 0.202. The summed E-state index contributed by atoms with van der Waals surface area (Å²) in [7, 11) is -0.353. The fourth-order valence-electron chi connectivity index (χ4n) is 2.98. The number of benzene rings is 1. The van der Waals surface area contributed by atoms with Crippen LogP contribution >= 0.6 is 7.92 Å².